The summed E-state index contributed by atoms with van der Waals surface area (Å²) in [4.78, 5) is 26.8. The quantitative estimate of drug-likeness (QED) is 0.193. The molecule has 0 N–H and O–H groups in total. The van der Waals surface area contributed by atoms with Gasteiger partial charge in [0, 0.05) is 39.6 Å². The molecule has 0 atom stereocenters. The molecule has 0 bridgehead atoms. The Labute approximate surface area is 220 Å². The van der Waals surface area contributed by atoms with Gasteiger partial charge in [0.05, 0.1) is 0 Å². The van der Waals surface area contributed by atoms with Gasteiger partial charge in [0.15, 0.2) is 11.6 Å². The minimum atomic E-state index is -0.0248. The molecular formula is C32H22Cl2O2. The summed E-state index contributed by atoms with van der Waals surface area (Å²) in [5.41, 5.74) is 6.48. The summed E-state index contributed by atoms with van der Waals surface area (Å²) in [6, 6.07) is 31.9. The van der Waals surface area contributed by atoms with Crippen LogP contribution in [-0.2, 0) is 6.42 Å². The molecule has 0 radical (unpaired) electrons. The fourth-order valence-electron chi connectivity index (χ4n) is 4.49. The number of benzene rings is 4. The third-order valence-corrected chi connectivity index (χ3v) is 6.87. The largest absolute Gasteiger partial charge is 0.294 e. The monoisotopic (exact) mass is 508 g/mol. The van der Waals surface area contributed by atoms with E-state index in [1.165, 1.54) is 0 Å². The topological polar surface area (TPSA) is 34.1 Å². The number of hydrogen-bond donors (Lipinski definition) is 0. The van der Waals surface area contributed by atoms with Gasteiger partial charge in [-0.1, -0.05) is 89.9 Å². The van der Waals surface area contributed by atoms with Crippen LogP contribution < -0.4 is 0 Å². The lowest BCUT2D eigenvalue weighted by atomic mass is 9.90. The van der Waals surface area contributed by atoms with Gasteiger partial charge >= 0.3 is 0 Å². The molecule has 1 aliphatic carbocycles. The summed E-state index contributed by atoms with van der Waals surface area (Å²) >= 11 is 12.2. The highest BCUT2D eigenvalue weighted by molar-refractivity contribution is 6.31. The van der Waals surface area contributed by atoms with E-state index in [1.807, 2.05) is 84.9 Å². The van der Waals surface area contributed by atoms with Crippen molar-refractivity contribution in [2.45, 2.75) is 12.8 Å². The summed E-state index contributed by atoms with van der Waals surface area (Å²) in [5.74, 6) is -0.00787. The molecule has 0 amide bonds. The Kier molecular flexibility index (Phi) is 6.99. The number of ketones is 2. The van der Waals surface area contributed by atoms with Crippen LogP contribution in [0.4, 0.5) is 0 Å². The maximum absolute atomic E-state index is 13.5. The predicted octanol–water partition coefficient (Wildman–Crippen LogP) is 8.54. The lowest BCUT2D eigenvalue weighted by molar-refractivity contribution is 0.0997. The molecule has 0 saturated heterocycles. The van der Waals surface area contributed by atoms with Crippen molar-refractivity contribution in [1.29, 1.82) is 0 Å². The minimum absolute atomic E-state index is 0.0169. The molecule has 0 heterocycles. The Morgan fingerprint density at radius 1 is 0.694 bits per heavy atom. The molecule has 0 fully saturated rings. The second-order valence-corrected chi connectivity index (χ2v) is 9.58. The molecule has 0 unspecified atom stereocenters. The summed E-state index contributed by atoms with van der Waals surface area (Å²) in [5, 5.41) is 1.20. The van der Waals surface area contributed by atoms with Crippen LogP contribution in [0.5, 0.6) is 0 Å². The molecule has 1 aliphatic rings. The number of rotatable bonds is 6. The van der Waals surface area contributed by atoms with Crippen LogP contribution in [0.1, 0.15) is 43.8 Å². The van der Waals surface area contributed by atoms with Crippen LogP contribution in [0.2, 0.25) is 10.0 Å². The van der Waals surface area contributed by atoms with Crippen molar-refractivity contribution < 1.29 is 9.59 Å². The van der Waals surface area contributed by atoms with Gasteiger partial charge in [-0.05, 0) is 70.3 Å². The van der Waals surface area contributed by atoms with E-state index in [-0.39, 0.29) is 18.0 Å². The highest BCUT2D eigenvalue weighted by Crippen LogP contribution is 2.35. The van der Waals surface area contributed by atoms with E-state index in [9.17, 15) is 9.59 Å². The number of allylic oxidation sites excluding steroid dienone is 4. The molecule has 4 heteroatoms. The number of carbonyl (C=O) groups is 2. The maximum Gasteiger partial charge on any atom is 0.190 e. The minimum Gasteiger partial charge on any atom is -0.294 e. The third-order valence-electron chi connectivity index (χ3n) is 6.36. The van der Waals surface area contributed by atoms with E-state index in [1.54, 1.807) is 24.3 Å². The third kappa shape index (κ3) is 5.11. The summed E-state index contributed by atoms with van der Waals surface area (Å²) in [6.45, 7) is 0. The van der Waals surface area contributed by atoms with Gasteiger partial charge in [0.2, 0.25) is 0 Å². The molecule has 5 rings (SSSR count). The average Bonchev–Trinajstić information content (AvgIpc) is 3.24. The lowest BCUT2D eigenvalue weighted by Gasteiger charge is -2.13. The van der Waals surface area contributed by atoms with E-state index in [2.05, 4.69) is 0 Å². The highest BCUT2D eigenvalue weighted by Gasteiger charge is 2.27. The number of hydrogen-bond acceptors (Lipinski definition) is 2. The van der Waals surface area contributed by atoms with Crippen LogP contribution in [0, 0.1) is 0 Å². The van der Waals surface area contributed by atoms with Crippen molar-refractivity contribution in [2.75, 3.05) is 0 Å². The van der Waals surface area contributed by atoms with Gasteiger partial charge in [-0.15, -0.1) is 0 Å². The summed E-state index contributed by atoms with van der Waals surface area (Å²) in [7, 11) is 0. The first-order chi connectivity index (χ1) is 17.5. The van der Waals surface area contributed by atoms with Crippen molar-refractivity contribution in [3.8, 4) is 0 Å². The molecule has 0 saturated carbocycles. The normalized spacial score (nSPS) is 14.5. The van der Waals surface area contributed by atoms with Crippen LogP contribution in [-0.4, -0.2) is 11.6 Å². The molecule has 0 aromatic heterocycles. The molecule has 176 valence electrons. The second kappa shape index (κ2) is 10.5. The molecule has 4 aromatic rings. The lowest BCUT2D eigenvalue weighted by Crippen LogP contribution is -2.03. The SMILES string of the molecule is O=C(CC(=CC(=C1Cc2ccccc2C1=O)c1ccc(Cl)cc1)c1ccccc1)c1ccc(Cl)cc1. The number of halogens is 2. The Morgan fingerprint density at radius 3 is 1.92 bits per heavy atom. The van der Waals surface area contributed by atoms with E-state index in [0.29, 0.717) is 27.6 Å². The molecule has 0 spiro atoms. The fourth-order valence-corrected chi connectivity index (χ4v) is 4.75. The van der Waals surface area contributed by atoms with Gasteiger partial charge in [0.1, 0.15) is 0 Å². The van der Waals surface area contributed by atoms with Crippen molar-refractivity contribution in [1.82, 2.24) is 0 Å². The molecule has 36 heavy (non-hydrogen) atoms. The van der Waals surface area contributed by atoms with Gasteiger partial charge < -0.3 is 0 Å². The molecule has 4 aromatic carbocycles. The van der Waals surface area contributed by atoms with E-state index < -0.39 is 0 Å². The first-order valence-electron chi connectivity index (χ1n) is 11.7. The number of fused-ring (bicyclic) bond motifs is 1. The summed E-state index contributed by atoms with van der Waals surface area (Å²) < 4.78 is 0. The zero-order valence-electron chi connectivity index (χ0n) is 19.4. The highest BCUT2D eigenvalue weighted by atomic mass is 35.5. The number of Topliss-reactive ketones (excluding diaryl/α,β-unsaturated/α-hetero) is 2. The molecule has 2 nitrogen and oxygen atoms in total. The molecule has 0 aliphatic heterocycles. The van der Waals surface area contributed by atoms with E-state index in [0.717, 1.165) is 33.4 Å². The Morgan fingerprint density at radius 2 is 1.28 bits per heavy atom. The zero-order valence-corrected chi connectivity index (χ0v) is 20.9. The Bertz CT molecular complexity index is 1500. The molecular weight excluding hydrogens is 487 g/mol. The van der Waals surface area contributed by atoms with Crippen LogP contribution in [0.3, 0.4) is 0 Å². The Hall–Kier alpha value is -3.72. The van der Waals surface area contributed by atoms with Crippen LogP contribution in [0.15, 0.2) is 115 Å². The maximum atomic E-state index is 13.5. The number of carbonyl (C=O) groups excluding carboxylic acids is 2. The second-order valence-electron chi connectivity index (χ2n) is 8.70. The first kappa shape index (κ1) is 24.0. The van der Waals surface area contributed by atoms with Crippen LogP contribution >= 0.6 is 23.2 Å². The van der Waals surface area contributed by atoms with E-state index in [4.69, 9.17) is 23.2 Å². The van der Waals surface area contributed by atoms with Gasteiger partial charge in [0.25, 0.3) is 0 Å². The van der Waals surface area contributed by atoms with Gasteiger partial charge in [-0.2, -0.15) is 0 Å². The van der Waals surface area contributed by atoms with Crippen molar-refractivity contribution in [2.24, 2.45) is 0 Å². The standard InChI is InChI=1S/C32H22Cl2O2/c33-26-14-10-22(11-15-26)29(30-18-24-8-4-5-9-28(24)32(30)36)19-25(21-6-2-1-3-7-21)20-31(35)23-12-16-27(34)17-13-23/h1-17,19H,18,20H2. The Balaban J connectivity index is 1.65. The van der Waals surface area contributed by atoms with Crippen molar-refractivity contribution in [3.05, 3.63) is 153 Å². The van der Waals surface area contributed by atoms with Gasteiger partial charge in [-0.25, -0.2) is 0 Å². The van der Waals surface area contributed by atoms with Crippen LogP contribution in [0.25, 0.3) is 11.1 Å². The fraction of sp³-hybridized carbons (Fsp3) is 0.0625. The first-order valence-corrected chi connectivity index (χ1v) is 12.4. The van der Waals surface area contributed by atoms with Crippen molar-refractivity contribution >= 4 is 45.9 Å². The average molecular weight is 509 g/mol. The van der Waals surface area contributed by atoms with E-state index >= 15 is 0 Å². The van der Waals surface area contributed by atoms with Gasteiger partial charge in [-0.3, -0.25) is 9.59 Å². The van der Waals surface area contributed by atoms with Crippen molar-refractivity contribution in [3.63, 3.8) is 0 Å². The smallest absolute Gasteiger partial charge is 0.190 e. The zero-order chi connectivity index (χ0) is 25.1. The summed E-state index contributed by atoms with van der Waals surface area (Å²) in [6.07, 6.45) is 2.71. The predicted molar refractivity (Wildman–Crippen MR) is 148 cm³/mol.